The van der Waals surface area contributed by atoms with Gasteiger partial charge in [0.2, 0.25) is 15.7 Å². The number of hydrogen-bond donors (Lipinski definition) is 6. The van der Waals surface area contributed by atoms with Gasteiger partial charge in [-0.25, -0.2) is 23.0 Å². The van der Waals surface area contributed by atoms with Crippen molar-refractivity contribution >= 4 is 55.4 Å². The van der Waals surface area contributed by atoms with E-state index < -0.39 is 39.7 Å². The second-order valence-electron chi connectivity index (χ2n) is 10.3. The molecule has 1 amide bonds. The molecule has 0 saturated heterocycles. The molecule has 2 aromatic heterocycles. The summed E-state index contributed by atoms with van der Waals surface area (Å²) < 4.78 is 61.6. The SMILES string of the molecule is O=C(N[C@@](CCCCNc1ccccn1)(NS(=O)(=O)c1cccc2ccccc12)C(=O)O)c1ccc2[nH]ncc2c1.O=C(O)C(F)(F)F. The van der Waals surface area contributed by atoms with Crippen LogP contribution in [0.2, 0.25) is 0 Å². The lowest BCUT2D eigenvalue weighted by molar-refractivity contribution is -0.192. The van der Waals surface area contributed by atoms with E-state index in [1.54, 1.807) is 66.9 Å². The van der Waals surface area contributed by atoms with Gasteiger partial charge in [0.1, 0.15) is 5.82 Å². The number of carboxylic acids is 2. The number of alkyl halides is 3. The zero-order valence-corrected chi connectivity index (χ0v) is 25.7. The number of nitrogens with zero attached hydrogens (tertiary/aromatic N) is 2. The van der Waals surface area contributed by atoms with Gasteiger partial charge in [0.05, 0.1) is 16.6 Å². The lowest BCUT2D eigenvalue weighted by Crippen LogP contribution is -2.65. The van der Waals surface area contributed by atoms with Crippen LogP contribution in [-0.2, 0) is 19.6 Å². The first-order chi connectivity index (χ1) is 22.7. The molecule has 5 rings (SSSR count). The molecule has 252 valence electrons. The molecule has 2 heterocycles. The number of unbranched alkanes of at least 4 members (excludes halogenated alkanes) is 1. The molecule has 0 aliphatic heterocycles. The number of pyridine rings is 1. The van der Waals surface area contributed by atoms with Crippen LogP contribution in [0.25, 0.3) is 21.7 Å². The van der Waals surface area contributed by atoms with Crippen LogP contribution in [0.4, 0.5) is 19.0 Å². The lowest BCUT2D eigenvalue weighted by atomic mass is 10.0. The Kier molecular flexibility index (Phi) is 11.0. The maximum absolute atomic E-state index is 13.7. The molecule has 13 nitrogen and oxygen atoms in total. The average molecular weight is 687 g/mol. The van der Waals surface area contributed by atoms with Crippen LogP contribution in [0.5, 0.6) is 0 Å². The Morgan fingerprint density at radius 3 is 2.25 bits per heavy atom. The third kappa shape index (κ3) is 8.83. The maximum Gasteiger partial charge on any atom is 0.490 e. The molecule has 0 aliphatic carbocycles. The molecule has 0 radical (unpaired) electrons. The van der Waals surface area contributed by atoms with Crippen LogP contribution in [0.1, 0.15) is 29.6 Å². The van der Waals surface area contributed by atoms with Gasteiger partial charge in [-0.1, -0.05) is 42.5 Å². The molecule has 0 unspecified atom stereocenters. The molecule has 0 fully saturated rings. The Morgan fingerprint density at radius 1 is 0.854 bits per heavy atom. The minimum atomic E-state index is -5.08. The molecule has 6 N–H and O–H groups in total. The fourth-order valence-electron chi connectivity index (χ4n) is 4.61. The summed E-state index contributed by atoms with van der Waals surface area (Å²) >= 11 is 0. The second kappa shape index (κ2) is 14.9. The number of aliphatic carboxylic acids is 2. The number of halogens is 3. The highest BCUT2D eigenvalue weighted by molar-refractivity contribution is 7.89. The van der Waals surface area contributed by atoms with Crippen molar-refractivity contribution in [2.75, 3.05) is 11.9 Å². The summed E-state index contributed by atoms with van der Waals surface area (Å²) in [6.45, 7) is 0.466. The Morgan fingerprint density at radius 2 is 1.56 bits per heavy atom. The number of H-pyrrole nitrogens is 1. The summed E-state index contributed by atoms with van der Waals surface area (Å²) in [6.07, 6.45) is -1.36. The van der Waals surface area contributed by atoms with Gasteiger partial charge in [-0.2, -0.15) is 23.0 Å². The molecule has 0 spiro atoms. The van der Waals surface area contributed by atoms with Crippen LogP contribution in [0.3, 0.4) is 0 Å². The third-order valence-corrected chi connectivity index (χ3v) is 8.49. The van der Waals surface area contributed by atoms with Crippen LogP contribution >= 0.6 is 0 Å². The van der Waals surface area contributed by atoms with Crippen molar-refractivity contribution in [1.29, 1.82) is 0 Å². The number of aromatic nitrogens is 3. The van der Waals surface area contributed by atoms with Crippen LogP contribution in [-0.4, -0.2) is 70.0 Å². The molecule has 1 atom stereocenters. The van der Waals surface area contributed by atoms with E-state index in [1.165, 1.54) is 18.3 Å². The number of aromatic amines is 1. The number of benzene rings is 3. The van der Waals surface area contributed by atoms with E-state index in [0.717, 1.165) is 0 Å². The number of anilines is 1. The number of carboxylic acid groups (broad SMARTS) is 2. The largest absolute Gasteiger partial charge is 0.490 e. The average Bonchev–Trinajstić information content (AvgIpc) is 3.52. The molecule has 48 heavy (non-hydrogen) atoms. The summed E-state index contributed by atoms with van der Waals surface area (Å²) in [5.74, 6) is -4.37. The summed E-state index contributed by atoms with van der Waals surface area (Å²) in [4.78, 5) is 39.2. The predicted molar refractivity (Wildman–Crippen MR) is 168 cm³/mol. The normalized spacial score (nSPS) is 12.8. The van der Waals surface area contributed by atoms with E-state index in [4.69, 9.17) is 9.90 Å². The number of sulfonamides is 1. The second-order valence-corrected chi connectivity index (χ2v) is 12.0. The fourth-order valence-corrected chi connectivity index (χ4v) is 6.15. The fraction of sp³-hybridized carbons (Fsp3) is 0.194. The maximum atomic E-state index is 13.7. The number of carbonyl (C=O) groups is 3. The van der Waals surface area contributed by atoms with Gasteiger partial charge < -0.3 is 20.8 Å². The predicted octanol–water partition coefficient (Wildman–Crippen LogP) is 4.52. The summed E-state index contributed by atoms with van der Waals surface area (Å²) in [5.41, 5.74) is -1.47. The first-order valence-electron chi connectivity index (χ1n) is 14.2. The Bertz CT molecular complexity index is 2020. The van der Waals surface area contributed by atoms with Gasteiger partial charge in [-0.3, -0.25) is 9.89 Å². The number of hydrogen-bond acceptors (Lipinski definition) is 8. The van der Waals surface area contributed by atoms with Crippen LogP contribution in [0.15, 0.2) is 96.2 Å². The molecule has 3 aromatic carbocycles. The van der Waals surface area contributed by atoms with Crippen molar-refractivity contribution in [3.8, 4) is 0 Å². The van der Waals surface area contributed by atoms with Gasteiger partial charge in [-0.05, 0) is 61.0 Å². The van der Waals surface area contributed by atoms with Gasteiger partial charge in [-0.15, -0.1) is 0 Å². The van der Waals surface area contributed by atoms with Crippen molar-refractivity contribution in [3.05, 3.63) is 96.8 Å². The molecular formula is C31H29F3N6O7S. The molecular weight excluding hydrogens is 657 g/mol. The van der Waals surface area contributed by atoms with E-state index >= 15 is 0 Å². The smallest absolute Gasteiger partial charge is 0.478 e. The van der Waals surface area contributed by atoms with E-state index in [0.29, 0.717) is 40.5 Å². The minimum Gasteiger partial charge on any atom is -0.478 e. The van der Waals surface area contributed by atoms with Gasteiger partial charge in [0.15, 0.2) is 0 Å². The van der Waals surface area contributed by atoms with E-state index in [9.17, 15) is 36.3 Å². The van der Waals surface area contributed by atoms with Crippen molar-refractivity contribution in [2.24, 2.45) is 0 Å². The van der Waals surface area contributed by atoms with Crippen molar-refractivity contribution in [1.82, 2.24) is 25.2 Å². The number of rotatable bonds is 12. The van der Waals surface area contributed by atoms with Gasteiger partial charge in [0.25, 0.3) is 5.91 Å². The third-order valence-electron chi connectivity index (χ3n) is 6.93. The summed E-state index contributed by atoms with van der Waals surface area (Å²) in [6, 6.07) is 21.8. The number of fused-ring (bicyclic) bond motifs is 2. The lowest BCUT2D eigenvalue weighted by Gasteiger charge is -2.31. The van der Waals surface area contributed by atoms with E-state index in [2.05, 4.69) is 30.5 Å². The Labute approximate surface area is 271 Å². The van der Waals surface area contributed by atoms with E-state index in [-0.39, 0.29) is 23.3 Å². The highest BCUT2D eigenvalue weighted by Crippen LogP contribution is 2.26. The molecule has 17 heteroatoms. The number of amides is 1. The topological polar surface area (TPSA) is 203 Å². The van der Waals surface area contributed by atoms with Crippen LogP contribution < -0.4 is 15.4 Å². The number of carbonyl (C=O) groups excluding carboxylic acids is 1. The van der Waals surface area contributed by atoms with Gasteiger partial charge >= 0.3 is 18.1 Å². The minimum absolute atomic E-state index is 0.0906. The molecule has 0 saturated carbocycles. The van der Waals surface area contributed by atoms with Crippen LogP contribution in [0, 0.1) is 0 Å². The molecule has 0 aliphatic rings. The van der Waals surface area contributed by atoms with E-state index in [1.807, 2.05) is 6.07 Å². The first-order valence-corrected chi connectivity index (χ1v) is 15.7. The highest BCUT2D eigenvalue weighted by Gasteiger charge is 2.44. The first kappa shape index (κ1) is 35.3. The number of nitrogens with one attached hydrogen (secondary N) is 4. The summed E-state index contributed by atoms with van der Waals surface area (Å²) in [5, 5.41) is 31.7. The Hall–Kier alpha value is -5.55. The standard InChI is InChI=1S/C29H28N6O5S.C2HF3O2/c36-27(21-13-14-24-22(18-21)19-32-34-24)33-29(28(37)38,15-4-6-17-31-26-12-3-5-16-30-26)35-41(39,40)25-11-7-9-20-8-1-2-10-23(20)25;3-2(4,5)1(6)7/h1-3,5,7-14,16,18-19,35H,4,6,15,17H2,(H,30,31)(H,32,34)(H,33,36)(H,37,38);(H,6,7)/t29-;/m0./s1. The quantitative estimate of drug-likeness (QED) is 0.0800. The van der Waals surface area contributed by atoms with Crippen molar-refractivity contribution in [3.63, 3.8) is 0 Å². The zero-order valence-electron chi connectivity index (χ0n) is 24.9. The Balaban J connectivity index is 0.000000671. The highest BCUT2D eigenvalue weighted by atomic mass is 32.2. The van der Waals surface area contributed by atoms with Crippen molar-refractivity contribution < 1.29 is 46.2 Å². The van der Waals surface area contributed by atoms with Crippen molar-refractivity contribution in [2.45, 2.75) is 36.0 Å². The monoisotopic (exact) mass is 686 g/mol. The molecule has 0 bridgehead atoms. The molecule has 5 aromatic rings. The zero-order chi connectivity index (χ0) is 35.0. The van der Waals surface area contributed by atoms with Gasteiger partial charge in [0, 0.05) is 29.1 Å². The summed E-state index contributed by atoms with van der Waals surface area (Å²) in [7, 11) is -4.41.